The topological polar surface area (TPSA) is 29.1 Å². The molecule has 1 aromatic heterocycles. The highest BCUT2D eigenvalue weighted by Crippen LogP contribution is 2.31. The maximum Gasteiger partial charge on any atom is 0.417 e. The fourth-order valence-corrected chi connectivity index (χ4v) is 2.48. The molecule has 2 nitrogen and oxygen atoms in total. The van der Waals surface area contributed by atoms with Gasteiger partial charge in [0.15, 0.2) is 0 Å². The molecule has 1 heterocycles. The summed E-state index contributed by atoms with van der Waals surface area (Å²) in [4.78, 5) is 11.8. The predicted molar refractivity (Wildman–Crippen MR) is 71.8 cm³/mol. The Morgan fingerprint density at radius 2 is 1.95 bits per heavy atom. The van der Waals surface area contributed by atoms with Crippen LogP contribution >= 0.6 is 11.3 Å². The highest BCUT2D eigenvalue weighted by molar-refractivity contribution is 7.07. The summed E-state index contributed by atoms with van der Waals surface area (Å²) in [5, 5.41) is 6.37. The first-order chi connectivity index (χ1) is 9.48. The lowest BCUT2D eigenvalue weighted by Crippen LogP contribution is -2.28. The zero-order valence-corrected chi connectivity index (χ0v) is 11.2. The van der Waals surface area contributed by atoms with Crippen molar-refractivity contribution in [1.82, 2.24) is 5.32 Å². The number of thiophene rings is 1. The molecule has 1 amide bonds. The number of hydrogen-bond donors (Lipinski definition) is 1. The summed E-state index contributed by atoms with van der Waals surface area (Å²) in [5.74, 6) is -0.701. The van der Waals surface area contributed by atoms with Crippen molar-refractivity contribution in [3.05, 3.63) is 57.8 Å². The molecule has 1 N–H and O–H groups in total. The molecule has 2 rings (SSSR count). The highest BCUT2D eigenvalue weighted by atomic mass is 32.1. The molecule has 0 saturated heterocycles. The van der Waals surface area contributed by atoms with E-state index in [1.54, 1.807) is 0 Å². The number of benzene rings is 1. The molecule has 0 fully saturated rings. The van der Waals surface area contributed by atoms with Crippen LogP contribution in [0.1, 0.15) is 21.5 Å². The molecular formula is C14H12F3NOS. The van der Waals surface area contributed by atoms with Gasteiger partial charge in [0, 0.05) is 6.54 Å². The fourth-order valence-electron chi connectivity index (χ4n) is 1.78. The van der Waals surface area contributed by atoms with Gasteiger partial charge in [-0.1, -0.05) is 12.1 Å². The van der Waals surface area contributed by atoms with Crippen molar-refractivity contribution in [2.24, 2.45) is 0 Å². The standard InChI is InChI=1S/C14H12F3NOS/c15-14(16,17)12-4-2-1-3-11(12)13(19)18-7-5-10-6-8-20-9-10/h1-4,6,8-9H,5,7H2,(H,18,19). The summed E-state index contributed by atoms with van der Waals surface area (Å²) >= 11 is 1.54. The maximum atomic E-state index is 12.8. The Balaban J connectivity index is 2.02. The number of amides is 1. The van der Waals surface area contributed by atoms with Crippen molar-refractivity contribution in [2.75, 3.05) is 6.54 Å². The van der Waals surface area contributed by atoms with Crippen LogP contribution in [-0.4, -0.2) is 12.5 Å². The van der Waals surface area contributed by atoms with E-state index in [2.05, 4.69) is 5.32 Å². The maximum absolute atomic E-state index is 12.8. The summed E-state index contributed by atoms with van der Waals surface area (Å²) in [6.45, 7) is 0.307. The Kier molecular flexibility index (Phi) is 4.44. The van der Waals surface area contributed by atoms with Crippen molar-refractivity contribution < 1.29 is 18.0 Å². The number of hydrogen-bond acceptors (Lipinski definition) is 2. The van der Waals surface area contributed by atoms with Crippen LogP contribution in [0.25, 0.3) is 0 Å². The van der Waals surface area contributed by atoms with Gasteiger partial charge in [-0.25, -0.2) is 0 Å². The van der Waals surface area contributed by atoms with Gasteiger partial charge in [0.05, 0.1) is 11.1 Å². The lowest BCUT2D eigenvalue weighted by molar-refractivity contribution is -0.137. The Hall–Kier alpha value is -1.82. The lowest BCUT2D eigenvalue weighted by Gasteiger charge is -2.12. The van der Waals surface area contributed by atoms with E-state index in [4.69, 9.17) is 0 Å². The number of halogens is 3. The van der Waals surface area contributed by atoms with E-state index < -0.39 is 17.6 Å². The molecule has 0 aliphatic heterocycles. The summed E-state index contributed by atoms with van der Waals surface area (Å²) in [7, 11) is 0. The van der Waals surface area contributed by atoms with Gasteiger partial charge >= 0.3 is 6.18 Å². The minimum Gasteiger partial charge on any atom is -0.352 e. The van der Waals surface area contributed by atoms with E-state index in [9.17, 15) is 18.0 Å². The Morgan fingerprint density at radius 3 is 2.60 bits per heavy atom. The van der Waals surface area contributed by atoms with Gasteiger partial charge in [-0.3, -0.25) is 4.79 Å². The second-order valence-corrected chi connectivity index (χ2v) is 4.96. The molecule has 6 heteroatoms. The number of alkyl halides is 3. The van der Waals surface area contributed by atoms with E-state index in [-0.39, 0.29) is 5.56 Å². The molecule has 2 aromatic rings. The van der Waals surface area contributed by atoms with E-state index in [0.29, 0.717) is 13.0 Å². The minimum absolute atomic E-state index is 0.307. The molecule has 0 radical (unpaired) electrons. The van der Waals surface area contributed by atoms with Crippen molar-refractivity contribution in [3.8, 4) is 0 Å². The minimum atomic E-state index is -4.53. The first kappa shape index (κ1) is 14.6. The smallest absolute Gasteiger partial charge is 0.352 e. The van der Waals surface area contributed by atoms with Gasteiger partial charge in [-0.15, -0.1) is 0 Å². The van der Waals surface area contributed by atoms with E-state index in [1.807, 2.05) is 16.8 Å². The van der Waals surface area contributed by atoms with E-state index >= 15 is 0 Å². The van der Waals surface area contributed by atoms with Crippen LogP contribution in [0.2, 0.25) is 0 Å². The largest absolute Gasteiger partial charge is 0.417 e. The molecule has 20 heavy (non-hydrogen) atoms. The van der Waals surface area contributed by atoms with Gasteiger partial charge in [0.25, 0.3) is 5.91 Å². The normalized spacial score (nSPS) is 11.3. The van der Waals surface area contributed by atoms with Crippen molar-refractivity contribution in [2.45, 2.75) is 12.6 Å². The Labute approximate surface area is 118 Å². The van der Waals surface area contributed by atoms with E-state index in [0.717, 1.165) is 11.6 Å². The quantitative estimate of drug-likeness (QED) is 0.915. The van der Waals surface area contributed by atoms with Crippen LogP contribution in [0.4, 0.5) is 13.2 Å². The zero-order valence-electron chi connectivity index (χ0n) is 10.4. The molecular weight excluding hydrogens is 287 g/mol. The SMILES string of the molecule is O=C(NCCc1ccsc1)c1ccccc1C(F)(F)F. The molecule has 1 aromatic carbocycles. The summed E-state index contributed by atoms with van der Waals surface area (Å²) in [6, 6.07) is 6.70. The third-order valence-corrected chi connectivity index (χ3v) is 3.49. The van der Waals surface area contributed by atoms with Crippen LogP contribution in [0.5, 0.6) is 0 Å². The van der Waals surface area contributed by atoms with Crippen LogP contribution in [-0.2, 0) is 12.6 Å². The summed E-state index contributed by atoms with van der Waals surface area (Å²) in [5.41, 5.74) is -0.197. The van der Waals surface area contributed by atoms with Crippen LogP contribution in [0.3, 0.4) is 0 Å². The predicted octanol–water partition coefficient (Wildman–Crippen LogP) is 3.74. The number of carbonyl (C=O) groups excluding carboxylic acids is 1. The monoisotopic (exact) mass is 299 g/mol. The van der Waals surface area contributed by atoms with Gasteiger partial charge in [0.2, 0.25) is 0 Å². The average molecular weight is 299 g/mol. The van der Waals surface area contributed by atoms with Crippen LogP contribution in [0, 0.1) is 0 Å². The molecule has 0 saturated carbocycles. The first-order valence-corrected chi connectivity index (χ1v) is 6.88. The van der Waals surface area contributed by atoms with Gasteiger partial charge in [-0.2, -0.15) is 24.5 Å². The molecule has 0 atom stereocenters. The Morgan fingerprint density at radius 1 is 1.20 bits per heavy atom. The third kappa shape index (κ3) is 3.60. The van der Waals surface area contributed by atoms with Gasteiger partial charge in [0.1, 0.15) is 0 Å². The lowest BCUT2D eigenvalue weighted by atomic mass is 10.1. The second-order valence-electron chi connectivity index (χ2n) is 4.18. The van der Waals surface area contributed by atoms with Crippen LogP contribution in [0.15, 0.2) is 41.1 Å². The Bertz CT molecular complexity index is 578. The van der Waals surface area contributed by atoms with E-state index in [1.165, 1.54) is 29.5 Å². The number of rotatable bonds is 4. The summed E-state index contributed by atoms with van der Waals surface area (Å²) < 4.78 is 38.3. The van der Waals surface area contributed by atoms with Crippen molar-refractivity contribution in [1.29, 1.82) is 0 Å². The molecule has 0 aliphatic carbocycles. The molecule has 0 spiro atoms. The van der Waals surface area contributed by atoms with Crippen molar-refractivity contribution >= 4 is 17.2 Å². The first-order valence-electron chi connectivity index (χ1n) is 5.94. The molecule has 0 bridgehead atoms. The van der Waals surface area contributed by atoms with Gasteiger partial charge in [-0.05, 0) is 40.9 Å². The number of nitrogens with one attached hydrogen (secondary N) is 1. The fraction of sp³-hybridized carbons (Fsp3) is 0.214. The van der Waals surface area contributed by atoms with Crippen LogP contribution < -0.4 is 5.32 Å². The zero-order chi connectivity index (χ0) is 14.6. The van der Waals surface area contributed by atoms with Gasteiger partial charge < -0.3 is 5.32 Å². The molecule has 0 unspecified atom stereocenters. The molecule has 0 aliphatic rings. The average Bonchev–Trinajstić information content (AvgIpc) is 2.91. The number of carbonyl (C=O) groups is 1. The van der Waals surface area contributed by atoms with Crippen molar-refractivity contribution in [3.63, 3.8) is 0 Å². The second kappa shape index (κ2) is 6.09. The molecule has 106 valence electrons. The third-order valence-electron chi connectivity index (χ3n) is 2.76. The highest BCUT2D eigenvalue weighted by Gasteiger charge is 2.34. The summed E-state index contributed by atoms with van der Waals surface area (Å²) in [6.07, 6.45) is -3.93.